The first-order valence-electron chi connectivity index (χ1n) is 7.52. The number of nitro benzene ring substituents is 1. The fourth-order valence-electron chi connectivity index (χ4n) is 2.20. The fourth-order valence-corrected chi connectivity index (χ4v) is 3.19. The molecule has 0 saturated carbocycles. The van der Waals surface area contributed by atoms with Crippen LogP contribution in [-0.4, -0.2) is 9.91 Å². The number of fused-ring (bicyclic) bond motifs is 1. The van der Waals surface area contributed by atoms with Gasteiger partial charge in [0.05, 0.1) is 15.1 Å². The molecule has 0 unspecified atom stereocenters. The molecule has 0 aliphatic heterocycles. The summed E-state index contributed by atoms with van der Waals surface area (Å²) >= 11 is 1.45. The number of anilines is 1. The fraction of sp³-hybridized carbons (Fsp3) is 0.235. The minimum Gasteiger partial charge on any atom is -0.399 e. The van der Waals surface area contributed by atoms with E-state index in [0.717, 1.165) is 38.5 Å². The smallest absolute Gasteiger partial charge is 0.270 e. The minimum atomic E-state index is -0.392. The van der Waals surface area contributed by atoms with Crippen LogP contribution in [0.4, 0.5) is 11.4 Å². The lowest BCUT2D eigenvalue weighted by molar-refractivity contribution is -0.384. The van der Waals surface area contributed by atoms with E-state index in [2.05, 4.69) is 11.9 Å². The molecule has 5 nitrogen and oxygen atoms in total. The highest BCUT2D eigenvalue weighted by Gasteiger charge is 2.12. The van der Waals surface area contributed by atoms with Gasteiger partial charge in [0.25, 0.3) is 5.69 Å². The third-order valence-electron chi connectivity index (χ3n) is 3.35. The minimum absolute atomic E-state index is 0.0873. The molecule has 3 aromatic rings. The Balaban J connectivity index is 0.000000924. The van der Waals surface area contributed by atoms with Crippen molar-refractivity contribution in [3.63, 3.8) is 0 Å². The number of hydrogen-bond donors (Lipinski definition) is 1. The van der Waals surface area contributed by atoms with Crippen LogP contribution in [0.3, 0.4) is 0 Å². The van der Waals surface area contributed by atoms with Crippen molar-refractivity contribution in [1.82, 2.24) is 4.98 Å². The van der Waals surface area contributed by atoms with E-state index in [0.29, 0.717) is 0 Å². The monoisotopic (exact) mass is 329 g/mol. The van der Waals surface area contributed by atoms with Crippen LogP contribution in [0, 0.1) is 10.1 Å². The maximum absolute atomic E-state index is 10.8. The van der Waals surface area contributed by atoms with Gasteiger partial charge in [0, 0.05) is 23.4 Å². The number of nitrogen functional groups attached to an aromatic ring is 1. The molecule has 3 rings (SSSR count). The maximum atomic E-state index is 10.8. The van der Waals surface area contributed by atoms with Gasteiger partial charge in [-0.05, 0) is 36.2 Å². The van der Waals surface area contributed by atoms with Crippen LogP contribution in [0.25, 0.3) is 20.8 Å². The van der Waals surface area contributed by atoms with E-state index < -0.39 is 4.92 Å². The van der Waals surface area contributed by atoms with Crippen molar-refractivity contribution in [3.05, 3.63) is 52.1 Å². The molecule has 0 amide bonds. The number of aromatic nitrogens is 1. The Hall–Kier alpha value is -2.47. The molecule has 23 heavy (non-hydrogen) atoms. The van der Waals surface area contributed by atoms with E-state index in [4.69, 9.17) is 5.73 Å². The molecule has 0 bridgehead atoms. The van der Waals surface area contributed by atoms with E-state index in [9.17, 15) is 10.1 Å². The van der Waals surface area contributed by atoms with E-state index in [1.54, 1.807) is 12.1 Å². The summed E-state index contributed by atoms with van der Waals surface area (Å²) in [5, 5.41) is 11.7. The highest BCUT2D eigenvalue weighted by Crippen LogP contribution is 2.33. The topological polar surface area (TPSA) is 82.0 Å². The second-order valence-electron chi connectivity index (χ2n) is 4.70. The number of non-ortho nitro benzene ring substituents is 1. The number of hydrogen-bond acceptors (Lipinski definition) is 5. The number of nitrogens with two attached hydrogens (primary N) is 1. The Bertz CT molecular complexity index is 843. The Labute approximate surface area is 138 Å². The predicted molar refractivity (Wildman–Crippen MR) is 96.8 cm³/mol. The molecule has 0 atom stereocenters. The van der Waals surface area contributed by atoms with Crippen LogP contribution >= 0.6 is 11.3 Å². The third kappa shape index (κ3) is 3.48. The van der Waals surface area contributed by atoms with Crippen LogP contribution in [0.15, 0.2) is 36.4 Å². The van der Waals surface area contributed by atoms with Crippen LogP contribution in [0.5, 0.6) is 0 Å². The summed E-state index contributed by atoms with van der Waals surface area (Å²) in [6, 6.07) is 10.6. The lowest BCUT2D eigenvalue weighted by Crippen LogP contribution is -1.92. The number of aryl methyl sites for hydroxylation is 1. The van der Waals surface area contributed by atoms with Gasteiger partial charge in [0.2, 0.25) is 0 Å². The third-order valence-corrected chi connectivity index (χ3v) is 4.42. The summed E-state index contributed by atoms with van der Waals surface area (Å²) in [6.45, 7) is 6.05. The second kappa shape index (κ2) is 7.19. The van der Waals surface area contributed by atoms with E-state index in [1.165, 1.54) is 17.4 Å². The molecule has 0 spiro atoms. The van der Waals surface area contributed by atoms with Gasteiger partial charge < -0.3 is 5.73 Å². The first kappa shape index (κ1) is 16.9. The van der Waals surface area contributed by atoms with Crippen LogP contribution < -0.4 is 5.73 Å². The summed E-state index contributed by atoms with van der Waals surface area (Å²) in [5.74, 6) is 0. The molecule has 0 aliphatic carbocycles. The SMILES string of the molecule is CC.CCc1cc(-c2nc3ccc([N+](=O)[O-])cc3s2)ccc1N. The molecule has 120 valence electrons. The van der Waals surface area contributed by atoms with Gasteiger partial charge in [-0.2, -0.15) is 0 Å². The molecule has 0 radical (unpaired) electrons. The van der Waals surface area contributed by atoms with Crippen molar-refractivity contribution in [1.29, 1.82) is 0 Å². The van der Waals surface area contributed by atoms with Gasteiger partial charge in [-0.1, -0.05) is 20.8 Å². The van der Waals surface area contributed by atoms with Gasteiger partial charge in [0.15, 0.2) is 0 Å². The van der Waals surface area contributed by atoms with E-state index in [1.807, 2.05) is 32.0 Å². The highest BCUT2D eigenvalue weighted by molar-refractivity contribution is 7.21. The molecular weight excluding hydrogens is 310 g/mol. The molecule has 1 heterocycles. The summed E-state index contributed by atoms with van der Waals surface area (Å²) in [7, 11) is 0. The standard InChI is InChI=1S/C15H13N3O2S.C2H6/c1-2-9-7-10(3-5-12(9)16)15-17-13-6-4-11(18(19)20)8-14(13)21-15;1-2/h3-8H,2,16H2,1H3;1-2H3. The van der Waals surface area contributed by atoms with Gasteiger partial charge in [-0.3, -0.25) is 10.1 Å². The van der Waals surface area contributed by atoms with Crippen LogP contribution in [0.2, 0.25) is 0 Å². The molecule has 0 saturated heterocycles. The molecule has 0 aliphatic rings. The number of benzene rings is 2. The Morgan fingerprint density at radius 1 is 1.22 bits per heavy atom. The van der Waals surface area contributed by atoms with Gasteiger partial charge in [-0.15, -0.1) is 11.3 Å². The molecular formula is C17H19N3O2S. The summed E-state index contributed by atoms with van der Waals surface area (Å²) < 4.78 is 0.814. The quantitative estimate of drug-likeness (QED) is 0.414. The predicted octanol–water partition coefficient (Wildman–Crippen LogP) is 5.04. The van der Waals surface area contributed by atoms with Crippen LogP contribution in [-0.2, 0) is 6.42 Å². The molecule has 1 aromatic heterocycles. The van der Waals surface area contributed by atoms with E-state index in [-0.39, 0.29) is 5.69 Å². The van der Waals surface area contributed by atoms with Crippen molar-refractivity contribution < 1.29 is 4.92 Å². The zero-order chi connectivity index (χ0) is 17.0. The Kier molecular flexibility index (Phi) is 5.28. The largest absolute Gasteiger partial charge is 0.399 e. The molecule has 6 heteroatoms. The molecule has 0 fully saturated rings. The van der Waals surface area contributed by atoms with E-state index >= 15 is 0 Å². The van der Waals surface area contributed by atoms with Gasteiger partial charge in [-0.25, -0.2) is 4.98 Å². The Morgan fingerprint density at radius 2 is 1.96 bits per heavy atom. The number of thiazole rings is 1. The second-order valence-corrected chi connectivity index (χ2v) is 5.73. The first-order chi connectivity index (χ1) is 11.1. The van der Waals surface area contributed by atoms with Crippen LogP contribution in [0.1, 0.15) is 26.3 Å². The van der Waals surface area contributed by atoms with Crippen molar-refractivity contribution in [3.8, 4) is 10.6 Å². The summed E-state index contributed by atoms with van der Waals surface area (Å²) in [5.41, 5.74) is 9.62. The highest BCUT2D eigenvalue weighted by atomic mass is 32.1. The number of nitro groups is 1. The van der Waals surface area contributed by atoms with Gasteiger partial charge in [0.1, 0.15) is 5.01 Å². The van der Waals surface area contributed by atoms with Gasteiger partial charge >= 0.3 is 0 Å². The Morgan fingerprint density at radius 3 is 2.61 bits per heavy atom. The number of rotatable bonds is 3. The lowest BCUT2D eigenvalue weighted by atomic mass is 10.1. The first-order valence-corrected chi connectivity index (χ1v) is 8.34. The van der Waals surface area contributed by atoms with Crippen molar-refractivity contribution in [2.45, 2.75) is 27.2 Å². The lowest BCUT2D eigenvalue weighted by Gasteiger charge is -2.04. The van der Waals surface area contributed by atoms with Crippen molar-refractivity contribution in [2.75, 3.05) is 5.73 Å². The summed E-state index contributed by atoms with van der Waals surface area (Å²) in [6.07, 6.45) is 0.857. The average molecular weight is 329 g/mol. The molecule has 2 N–H and O–H groups in total. The average Bonchev–Trinajstić information content (AvgIpc) is 3.00. The summed E-state index contributed by atoms with van der Waals surface area (Å²) in [4.78, 5) is 15.0. The molecule has 2 aromatic carbocycles. The zero-order valence-electron chi connectivity index (χ0n) is 13.4. The zero-order valence-corrected chi connectivity index (χ0v) is 14.2. The maximum Gasteiger partial charge on any atom is 0.270 e. The normalized spacial score (nSPS) is 10.2. The van der Waals surface area contributed by atoms with Crippen molar-refractivity contribution >= 4 is 32.9 Å². The number of nitrogens with zero attached hydrogens (tertiary/aromatic N) is 2. The van der Waals surface area contributed by atoms with Crippen molar-refractivity contribution in [2.24, 2.45) is 0 Å².